The SMILES string of the molecule is COc1cc(OC)cc(C2=NN(C(=O)CCC(=O)O)[C@@H](c3ccccc3F)C2)c1. The molecule has 1 aliphatic rings. The Morgan fingerprint density at radius 3 is 2.38 bits per heavy atom. The third-order valence-electron chi connectivity index (χ3n) is 4.67. The molecule has 0 spiro atoms. The van der Waals surface area contributed by atoms with Crippen molar-refractivity contribution in [2.24, 2.45) is 5.10 Å². The molecule has 1 aliphatic heterocycles. The highest BCUT2D eigenvalue weighted by atomic mass is 19.1. The number of benzene rings is 2. The molecule has 0 saturated heterocycles. The van der Waals surface area contributed by atoms with Crippen LogP contribution in [0.5, 0.6) is 11.5 Å². The molecule has 152 valence electrons. The van der Waals surface area contributed by atoms with Gasteiger partial charge in [0.25, 0.3) is 0 Å². The number of aliphatic carboxylic acids is 1. The lowest BCUT2D eigenvalue weighted by molar-refractivity contribution is -0.141. The van der Waals surface area contributed by atoms with Crippen LogP contribution in [-0.2, 0) is 9.59 Å². The lowest BCUT2D eigenvalue weighted by Crippen LogP contribution is -2.28. The van der Waals surface area contributed by atoms with Crippen molar-refractivity contribution in [2.75, 3.05) is 14.2 Å². The summed E-state index contributed by atoms with van der Waals surface area (Å²) in [5.41, 5.74) is 1.56. The molecule has 0 fully saturated rings. The number of rotatable bonds is 7. The van der Waals surface area contributed by atoms with Crippen molar-refractivity contribution in [1.82, 2.24) is 5.01 Å². The Hall–Kier alpha value is -3.42. The quantitative estimate of drug-likeness (QED) is 0.770. The summed E-state index contributed by atoms with van der Waals surface area (Å²) in [6.07, 6.45) is -0.272. The van der Waals surface area contributed by atoms with Gasteiger partial charge in [0.1, 0.15) is 17.3 Å². The average molecular weight is 400 g/mol. The highest BCUT2D eigenvalue weighted by Crippen LogP contribution is 2.36. The van der Waals surface area contributed by atoms with Gasteiger partial charge in [-0.1, -0.05) is 18.2 Å². The van der Waals surface area contributed by atoms with Crippen LogP contribution in [0.3, 0.4) is 0 Å². The molecule has 1 atom stereocenters. The fraction of sp³-hybridized carbons (Fsp3) is 0.286. The van der Waals surface area contributed by atoms with Crippen molar-refractivity contribution in [3.63, 3.8) is 0 Å². The second-order valence-electron chi connectivity index (χ2n) is 6.52. The van der Waals surface area contributed by atoms with Gasteiger partial charge in [-0.3, -0.25) is 9.59 Å². The number of ether oxygens (including phenoxy) is 2. The summed E-state index contributed by atoms with van der Waals surface area (Å²) in [7, 11) is 3.05. The van der Waals surface area contributed by atoms with Crippen LogP contribution in [0.25, 0.3) is 0 Å². The van der Waals surface area contributed by atoms with Gasteiger partial charge in [-0.25, -0.2) is 9.40 Å². The van der Waals surface area contributed by atoms with Crippen molar-refractivity contribution in [1.29, 1.82) is 0 Å². The molecule has 0 bridgehead atoms. The summed E-state index contributed by atoms with van der Waals surface area (Å²) >= 11 is 0. The molecule has 0 saturated carbocycles. The van der Waals surface area contributed by atoms with Crippen molar-refractivity contribution in [3.8, 4) is 11.5 Å². The Labute approximate surface area is 167 Å². The van der Waals surface area contributed by atoms with Crippen molar-refractivity contribution in [2.45, 2.75) is 25.3 Å². The monoisotopic (exact) mass is 400 g/mol. The van der Waals surface area contributed by atoms with E-state index in [1.165, 1.54) is 25.3 Å². The van der Waals surface area contributed by atoms with Gasteiger partial charge in [0.05, 0.1) is 32.4 Å². The van der Waals surface area contributed by atoms with E-state index in [2.05, 4.69) is 5.10 Å². The Morgan fingerprint density at radius 2 is 1.79 bits per heavy atom. The number of carbonyl (C=O) groups excluding carboxylic acids is 1. The summed E-state index contributed by atoms with van der Waals surface area (Å²) in [5.74, 6) is -0.902. The number of methoxy groups -OCH3 is 2. The lowest BCUT2D eigenvalue weighted by atomic mass is 9.97. The fourth-order valence-electron chi connectivity index (χ4n) is 3.20. The van der Waals surface area contributed by atoms with Gasteiger partial charge in [-0.05, 0) is 18.2 Å². The summed E-state index contributed by atoms with van der Waals surface area (Å²) in [5, 5.41) is 14.5. The molecule has 1 heterocycles. The molecule has 2 aromatic carbocycles. The zero-order valence-corrected chi connectivity index (χ0v) is 16.1. The second-order valence-corrected chi connectivity index (χ2v) is 6.52. The third-order valence-corrected chi connectivity index (χ3v) is 4.67. The van der Waals surface area contributed by atoms with E-state index in [0.29, 0.717) is 28.3 Å². The van der Waals surface area contributed by atoms with Crippen LogP contribution in [0, 0.1) is 5.82 Å². The second kappa shape index (κ2) is 8.72. The number of carboxylic acid groups (broad SMARTS) is 1. The van der Waals surface area contributed by atoms with Gasteiger partial charge < -0.3 is 14.6 Å². The maximum atomic E-state index is 14.4. The van der Waals surface area contributed by atoms with Gasteiger partial charge in [0, 0.05) is 30.0 Å². The smallest absolute Gasteiger partial charge is 0.303 e. The predicted molar refractivity (Wildman–Crippen MR) is 104 cm³/mol. The molecule has 29 heavy (non-hydrogen) atoms. The number of carbonyl (C=O) groups is 2. The van der Waals surface area contributed by atoms with E-state index >= 15 is 0 Å². The summed E-state index contributed by atoms with van der Waals surface area (Å²) in [6.45, 7) is 0. The van der Waals surface area contributed by atoms with Gasteiger partial charge in [-0.2, -0.15) is 5.10 Å². The summed E-state index contributed by atoms with van der Waals surface area (Å²) < 4.78 is 25.0. The van der Waals surface area contributed by atoms with E-state index in [4.69, 9.17) is 14.6 Å². The first-order valence-electron chi connectivity index (χ1n) is 9.02. The van der Waals surface area contributed by atoms with E-state index in [1.54, 1.807) is 36.4 Å². The molecule has 0 unspecified atom stereocenters. The van der Waals surface area contributed by atoms with Crippen molar-refractivity contribution >= 4 is 17.6 Å². The van der Waals surface area contributed by atoms with E-state index in [-0.39, 0.29) is 19.3 Å². The fourth-order valence-corrected chi connectivity index (χ4v) is 3.20. The third kappa shape index (κ3) is 4.53. The average Bonchev–Trinajstić information content (AvgIpc) is 3.17. The van der Waals surface area contributed by atoms with Crippen LogP contribution >= 0.6 is 0 Å². The molecule has 8 heteroatoms. The molecule has 0 aliphatic carbocycles. The largest absolute Gasteiger partial charge is 0.497 e. The zero-order chi connectivity index (χ0) is 21.0. The Balaban J connectivity index is 1.99. The maximum Gasteiger partial charge on any atom is 0.303 e. The lowest BCUT2D eigenvalue weighted by Gasteiger charge is -2.22. The number of nitrogens with zero attached hydrogens (tertiary/aromatic N) is 2. The van der Waals surface area contributed by atoms with Gasteiger partial charge in [-0.15, -0.1) is 0 Å². The highest BCUT2D eigenvalue weighted by molar-refractivity contribution is 6.03. The number of hydrogen-bond acceptors (Lipinski definition) is 5. The zero-order valence-electron chi connectivity index (χ0n) is 16.1. The number of halogens is 1. The first kappa shape index (κ1) is 20.3. The maximum absolute atomic E-state index is 14.4. The van der Waals surface area contributed by atoms with Crippen molar-refractivity contribution in [3.05, 3.63) is 59.4 Å². The molecular formula is C21H21FN2O5. The number of carboxylic acids is 1. The van der Waals surface area contributed by atoms with Crippen molar-refractivity contribution < 1.29 is 28.6 Å². The van der Waals surface area contributed by atoms with Crippen LogP contribution in [0.4, 0.5) is 4.39 Å². The Bertz CT molecular complexity index is 938. The molecule has 2 aromatic rings. The minimum absolute atomic E-state index is 0.224. The first-order chi connectivity index (χ1) is 13.9. The molecule has 7 nitrogen and oxygen atoms in total. The summed E-state index contributed by atoms with van der Waals surface area (Å²) in [6, 6.07) is 10.7. The molecular weight excluding hydrogens is 379 g/mol. The number of hydrogen-bond donors (Lipinski definition) is 1. The van der Waals surface area contributed by atoms with E-state index in [0.717, 1.165) is 0 Å². The van der Waals surface area contributed by atoms with Crippen LogP contribution in [0.2, 0.25) is 0 Å². The topological polar surface area (TPSA) is 88.4 Å². The van der Waals surface area contributed by atoms with Crippen LogP contribution < -0.4 is 9.47 Å². The normalized spacial score (nSPS) is 15.8. The van der Waals surface area contributed by atoms with Crippen LogP contribution in [0.15, 0.2) is 47.6 Å². The van der Waals surface area contributed by atoms with E-state index in [9.17, 15) is 14.0 Å². The standard InChI is InChI=1S/C21H21FN2O5/c1-28-14-9-13(10-15(11-14)29-2)18-12-19(16-5-3-4-6-17(16)22)24(23-18)20(25)7-8-21(26)27/h3-6,9-11,19H,7-8,12H2,1-2H3,(H,26,27)/t19-/m1/s1. The molecule has 0 aromatic heterocycles. The Kier molecular flexibility index (Phi) is 6.11. The highest BCUT2D eigenvalue weighted by Gasteiger charge is 2.34. The molecule has 0 radical (unpaired) electrons. The van der Waals surface area contributed by atoms with Crippen LogP contribution in [-0.4, -0.2) is 41.9 Å². The molecule has 1 N–H and O–H groups in total. The molecule has 1 amide bonds. The Morgan fingerprint density at radius 1 is 1.14 bits per heavy atom. The van der Waals surface area contributed by atoms with Crippen LogP contribution in [0.1, 0.15) is 36.4 Å². The van der Waals surface area contributed by atoms with E-state index in [1.807, 2.05) is 0 Å². The number of hydrazone groups is 1. The van der Waals surface area contributed by atoms with Gasteiger partial charge in [0.15, 0.2) is 0 Å². The number of amides is 1. The minimum atomic E-state index is -1.08. The summed E-state index contributed by atoms with van der Waals surface area (Å²) in [4.78, 5) is 23.5. The first-order valence-corrected chi connectivity index (χ1v) is 9.02. The van der Waals surface area contributed by atoms with Gasteiger partial charge in [0.2, 0.25) is 5.91 Å². The van der Waals surface area contributed by atoms with E-state index < -0.39 is 23.7 Å². The minimum Gasteiger partial charge on any atom is -0.497 e. The molecule has 3 rings (SSSR count). The van der Waals surface area contributed by atoms with Gasteiger partial charge >= 0.3 is 5.97 Å². The predicted octanol–water partition coefficient (Wildman–Crippen LogP) is 3.39.